The molecule has 9 heteroatoms. The van der Waals surface area contributed by atoms with E-state index in [-0.39, 0.29) is 36.3 Å². The van der Waals surface area contributed by atoms with E-state index in [4.69, 9.17) is 4.74 Å². The van der Waals surface area contributed by atoms with Crippen molar-refractivity contribution < 1.29 is 18.3 Å². The second-order valence-electron chi connectivity index (χ2n) is 6.12. The number of methoxy groups -OCH3 is 1. The van der Waals surface area contributed by atoms with Gasteiger partial charge >= 0.3 is 6.61 Å². The van der Waals surface area contributed by atoms with Crippen molar-refractivity contribution in [2.45, 2.75) is 19.7 Å². The molecule has 1 heterocycles. The number of halogens is 3. The minimum Gasteiger partial charge on any atom is -0.497 e. The van der Waals surface area contributed by atoms with E-state index in [9.17, 15) is 8.78 Å². The third kappa shape index (κ3) is 6.15. The van der Waals surface area contributed by atoms with Gasteiger partial charge in [-0.2, -0.15) is 8.78 Å². The molecule has 0 saturated carbocycles. The Morgan fingerprint density at radius 1 is 1.07 bits per heavy atom. The third-order valence-corrected chi connectivity index (χ3v) is 4.34. The zero-order valence-corrected chi connectivity index (χ0v) is 18.9. The molecule has 3 rings (SSSR count). The van der Waals surface area contributed by atoms with E-state index in [0.717, 1.165) is 16.5 Å². The highest BCUT2D eigenvalue weighted by Crippen LogP contribution is 2.25. The minimum atomic E-state index is -2.90. The van der Waals surface area contributed by atoms with Crippen molar-refractivity contribution in [1.82, 2.24) is 15.6 Å². The lowest BCUT2D eigenvalue weighted by Crippen LogP contribution is -2.36. The van der Waals surface area contributed by atoms with Gasteiger partial charge < -0.3 is 20.1 Å². The minimum absolute atomic E-state index is 0. The second kappa shape index (κ2) is 11.5. The number of nitrogens with zero attached hydrogens (tertiary/aromatic N) is 2. The third-order valence-electron chi connectivity index (χ3n) is 4.34. The van der Waals surface area contributed by atoms with Crippen LogP contribution in [0.4, 0.5) is 8.78 Å². The van der Waals surface area contributed by atoms with Crippen molar-refractivity contribution in [3.63, 3.8) is 0 Å². The molecule has 2 aromatic carbocycles. The predicted molar refractivity (Wildman–Crippen MR) is 124 cm³/mol. The molecule has 0 atom stereocenters. The average molecular weight is 528 g/mol. The molecule has 0 bridgehead atoms. The molecule has 0 aliphatic carbocycles. The van der Waals surface area contributed by atoms with E-state index in [2.05, 4.69) is 25.3 Å². The molecule has 0 saturated heterocycles. The summed E-state index contributed by atoms with van der Waals surface area (Å²) in [6.07, 6.45) is 1.76. The molecule has 3 aromatic rings. The van der Waals surface area contributed by atoms with Crippen LogP contribution in [0.1, 0.15) is 11.1 Å². The SMILES string of the molecule is CN=C(NCc1cc(OC)ccc1OC(F)F)NCc1ccnc2ccccc12.I. The molecule has 6 nitrogen and oxygen atoms in total. The molecule has 0 amide bonds. The molecule has 30 heavy (non-hydrogen) atoms. The quantitative estimate of drug-likeness (QED) is 0.272. The van der Waals surface area contributed by atoms with Crippen LogP contribution in [0, 0.1) is 0 Å². The molecule has 160 valence electrons. The van der Waals surface area contributed by atoms with E-state index >= 15 is 0 Å². The van der Waals surface area contributed by atoms with Crippen LogP contribution in [0.5, 0.6) is 11.5 Å². The average Bonchev–Trinajstić information content (AvgIpc) is 2.74. The number of rotatable bonds is 7. The van der Waals surface area contributed by atoms with E-state index < -0.39 is 6.61 Å². The molecule has 2 N–H and O–H groups in total. The maximum Gasteiger partial charge on any atom is 0.387 e. The van der Waals surface area contributed by atoms with Gasteiger partial charge in [-0.05, 0) is 35.9 Å². The van der Waals surface area contributed by atoms with E-state index in [1.165, 1.54) is 13.2 Å². The standard InChI is InChI=1S/C21H22F2N4O2.HI/c1-24-21(26-12-14-9-10-25-18-6-4-3-5-17(14)18)27-13-15-11-16(28-2)7-8-19(15)29-20(22)23;/h3-11,20H,12-13H2,1-2H3,(H2,24,26,27);1H. The summed E-state index contributed by atoms with van der Waals surface area (Å²) >= 11 is 0. The van der Waals surface area contributed by atoms with Crippen molar-refractivity contribution in [2.24, 2.45) is 4.99 Å². The molecule has 0 aliphatic rings. The number of nitrogens with one attached hydrogen (secondary N) is 2. The number of hydrogen-bond donors (Lipinski definition) is 2. The first-order valence-corrected chi connectivity index (χ1v) is 8.99. The summed E-state index contributed by atoms with van der Waals surface area (Å²) in [6, 6.07) is 14.5. The van der Waals surface area contributed by atoms with Gasteiger partial charge in [-0.1, -0.05) is 18.2 Å². The first-order valence-electron chi connectivity index (χ1n) is 8.99. The first-order chi connectivity index (χ1) is 14.1. The van der Waals surface area contributed by atoms with Crippen LogP contribution in [0.2, 0.25) is 0 Å². The highest BCUT2D eigenvalue weighted by Gasteiger charge is 2.12. The highest BCUT2D eigenvalue weighted by atomic mass is 127. The van der Waals surface area contributed by atoms with Crippen molar-refractivity contribution in [3.05, 3.63) is 65.9 Å². The van der Waals surface area contributed by atoms with E-state index in [1.54, 1.807) is 25.4 Å². The number of para-hydroxylation sites is 1. The summed E-state index contributed by atoms with van der Waals surface area (Å²) in [7, 11) is 3.15. The van der Waals surface area contributed by atoms with Gasteiger partial charge in [-0.3, -0.25) is 9.98 Å². The fourth-order valence-corrected chi connectivity index (χ4v) is 2.92. The van der Waals surface area contributed by atoms with Crippen LogP contribution in [0.15, 0.2) is 59.7 Å². The molecule has 0 unspecified atom stereocenters. The number of hydrogen-bond acceptors (Lipinski definition) is 4. The highest BCUT2D eigenvalue weighted by molar-refractivity contribution is 14.0. The van der Waals surface area contributed by atoms with Crippen LogP contribution >= 0.6 is 24.0 Å². The summed E-state index contributed by atoms with van der Waals surface area (Å²) in [4.78, 5) is 8.54. The lowest BCUT2D eigenvalue weighted by atomic mass is 10.1. The van der Waals surface area contributed by atoms with Gasteiger partial charge in [0.15, 0.2) is 5.96 Å². The Morgan fingerprint density at radius 2 is 1.80 bits per heavy atom. The monoisotopic (exact) mass is 528 g/mol. The molecular formula is C21H23F2IN4O2. The van der Waals surface area contributed by atoms with E-state index in [1.807, 2.05) is 30.3 Å². The van der Waals surface area contributed by atoms with Crippen molar-refractivity contribution in [2.75, 3.05) is 14.2 Å². The summed E-state index contributed by atoms with van der Waals surface area (Å²) in [6.45, 7) is -2.14. The molecule has 0 fully saturated rings. The Hall–Kier alpha value is -2.69. The maximum absolute atomic E-state index is 12.7. The zero-order valence-electron chi connectivity index (χ0n) is 16.6. The normalized spacial score (nSPS) is 11.2. The van der Waals surface area contributed by atoms with Crippen LogP contribution in [-0.4, -0.2) is 31.7 Å². The number of guanidine groups is 1. The van der Waals surface area contributed by atoms with Gasteiger partial charge in [-0.15, -0.1) is 24.0 Å². The molecule has 1 aromatic heterocycles. The van der Waals surface area contributed by atoms with Gasteiger partial charge in [-0.25, -0.2) is 0 Å². The van der Waals surface area contributed by atoms with Crippen molar-refractivity contribution >= 4 is 40.8 Å². The zero-order chi connectivity index (χ0) is 20.6. The van der Waals surface area contributed by atoms with E-state index in [0.29, 0.717) is 23.8 Å². The second-order valence-corrected chi connectivity index (χ2v) is 6.12. The van der Waals surface area contributed by atoms with Gasteiger partial charge in [0.2, 0.25) is 0 Å². The van der Waals surface area contributed by atoms with Crippen LogP contribution < -0.4 is 20.1 Å². The first kappa shape index (κ1) is 23.6. The number of aromatic nitrogens is 1. The fourth-order valence-electron chi connectivity index (χ4n) is 2.92. The lowest BCUT2D eigenvalue weighted by molar-refractivity contribution is -0.0504. The number of fused-ring (bicyclic) bond motifs is 1. The smallest absolute Gasteiger partial charge is 0.387 e. The summed E-state index contributed by atoms with van der Waals surface area (Å²) in [5.41, 5.74) is 2.52. The summed E-state index contributed by atoms with van der Waals surface area (Å²) in [5, 5.41) is 7.39. The molecular weight excluding hydrogens is 505 g/mol. The number of alkyl halides is 2. The topological polar surface area (TPSA) is 67.8 Å². The van der Waals surface area contributed by atoms with Crippen molar-refractivity contribution in [1.29, 1.82) is 0 Å². The Bertz CT molecular complexity index is 996. The number of benzene rings is 2. The van der Waals surface area contributed by atoms with Gasteiger partial charge in [0.1, 0.15) is 11.5 Å². The Morgan fingerprint density at radius 3 is 2.50 bits per heavy atom. The predicted octanol–water partition coefficient (Wildman–Crippen LogP) is 4.33. The summed E-state index contributed by atoms with van der Waals surface area (Å²) in [5.74, 6) is 1.16. The van der Waals surface area contributed by atoms with Crippen LogP contribution in [0.3, 0.4) is 0 Å². The largest absolute Gasteiger partial charge is 0.497 e. The van der Waals surface area contributed by atoms with Gasteiger partial charge in [0.25, 0.3) is 0 Å². The Balaban J connectivity index is 0.00000320. The number of ether oxygens (including phenoxy) is 2. The number of aliphatic imine (C=N–C) groups is 1. The lowest BCUT2D eigenvalue weighted by Gasteiger charge is -2.16. The number of pyridine rings is 1. The molecule has 0 radical (unpaired) electrons. The van der Waals surface area contributed by atoms with Gasteiger partial charge in [0.05, 0.1) is 12.6 Å². The fraction of sp³-hybridized carbons (Fsp3) is 0.238. The van der Waals surface area contributed by atoms with Crippen LogP contribution in [0.25, 0.3) is 10.9 Å². The maximum atomic E-state index is 12.7. The van der Waals surface area contributed by atoms with Crippen LogP contribution in [-0.2, 0) is 13.1 Å². The Labute approximate surface area is 190 Å². The summed E-state index contributed by atoms with van der Waals surface area (Å²) < 4.78 is 35.1. The Kier molecular flexibility index (Phi) is 9.03. The van der Waals surface area contributed by atoms with Crippen molar-refractivity contribution in [3.8, 4) is 11.5 Å². The molecule has 0 aliphatic heterocycles. The molecule has 0 spiro atoms. The van der Waals surface area contributed by atoms with Gasteiger partial charge in [0, 0.05) is 37.3 Å².